The molecule has 0 nitrogen and oxygen atoms in total. The number of rotatable bonds is 0. The Hall–Kier alpha value is 3.83. The number of hydrogen-bond acceptors (Lipinski definition) is 0. The van der Waals surface area contributed by atoms with E-state index >= 15 is 0 Å². The summed E-state index contributed by atoms with van der Waals surface area (Å²) in [4.78, 5) is 0. The van der Waals surface area contributed by atoms with Gasteiger partial charge in [-0.05, 0) is 0 Å². The Morgan fingerprint density at radius 3 is 0.400 bits per heavy atom. The molecule has 0 aromatic heterocycles. The first-order valence-corrected chi connectivity index (χ1v) is 0. The zero-order valence-corrected chi connectivity index (χ0v) is 13.7. The van der Waals surface area contributed by atoms with Crippen LogP contribution in [-0.4, -0.2) is 25.8 Å². The van der Waals surface area contributed by atoms with Crippen LogP contribution < -0.4 is 0 Å². The fourth-order valence-electron chi connectivity index (χ4n) is 0. The molecule has 7 radical (unpaired) electrons. The van der Waals surface area contributed by atoms with Crippen LogP contribution in [0.5, 0.6) is 0 Å². The molecule has 0 fully saturated rings. The van der Waals surface area contributed by atoms with Gasteiger partial charge >= 0.3 is 0 Å². The summed E-state index contributed by atoms with van der Waals surface area (Å²) in [5.74, 6) is 0. The minimum atomic E-state index is 0. The van der Waals surface area contributed by atoms with Crippen LogP contribution in [0.2, 0.25) is 0 Å². The molecule has 0 aromatic rings. The van der Waals surface area contributed by atoms with E-state index in [-0.39, 0.29) is 115 Å². The third-order valence-electron chi connectivity index (χ3n) is 0. The molecular formula is Au4In. The molecular weight excluding hydrogens is 903 g/mol. The average molecular weight is 903 g/mol. The maximum atomic E-state index is 0. The monoisotopic (exact) mass is 903 g/mol. The molecule has 0 amide bonds. The van der Waals surface area contributed by atoms with Crippen LogP contribution in [0.25, 0.3) is 0 Å². The van der Waals surface area contributed by atoms with E-state index in [4.69, 9.17) is 0 Å². The Morgan fingerprint density at radius 2 is 0.400 bits per heavy atom. The molecule has 0 rings (SSSR count). The van der Waals surface area contributed by atoms with E-state index in [1.165, 1.54) is 0 Å². The van der Waals surface area contributed by atoms with Gasteiger partial charge in [0.15, 0.2) is 0 Å². The zero-order chi connectivity index (χ0) is 0. The first-order chi connectivity index (χ1) is 0. The first kappa shape index (κ1) is 36.9. The molecule has 0 aliphatic heterocycles. The SMILES string of the molecule is [Au].[Au].[Au].[Au].[In]. The summed E-state index contributed by atoms with van der Waals surface area (Å²) in [7, 11) is 0. The van der Waals surface area contributed by atoms with Crippen molar-refractivity contribution in [2.24, 2.45) is 0 Å². The van der Waals surface area contributed by atoms with Crippen molar-refractivity contribution in [2.45, 2.75) is 0 Å². The third kappa shape index (κ3) is 18.1. The Kier molecular flexibility index (Phi) is 184. The molecule has 5 heavy (non-hydrogen) atoms. The fraction of sp³-hybridized carbons (Fsp3) is 0. The Morgan fingerprint density at radius 1 is 0.400 bits per heavy atom. The van der Waals surface area contributed by atoms with E-state index in [9.17, 15) is 0 Å². The summed E-state index contributed by atoms with van der Waals surface area (Å²) in [5, 5.41) is 0. The minimum Gasteiger partial charge on any atom is 0 e. The van der Waals surface area contributed by atoms with E-state index < -0.39 is 0 Å². The molecule has 5 heteroatoms. The smallest absolute Gasteiger partial charge is 0 e. The van der Waals surface area contributed by atoms with Crippen molar-refractivity contribution in [2.75, 3.05) is 0 Å². The summed E-state index contributed by atoms with van der Waals surface area (Å²) >= 11 is 0. The van der Waals surface area contributed by atoms with Gasteiger partial charge in [-0.1, -0.05) is 0 Å². The summed E-state index contributed by atoms with van der Waals surface area (Å²) in [6, 6.07) is 0. The molecule has 0 aliphatic carbocycles. The second-order valence-electron chi connectivity index (χ2n) is 0. The molecule has 0 N–H and O–H groups in total. The Labute approximate surface area is 113 Å². The zero-order valence-electron chi connectivity index (χ0n) is 1.78. The standard InChI is InChI=1S/4Au.In. The van der Waals surface area contributed by atoms with Crippen molar-refractivity contribution in [3.05, 3.63) is 0 Å². The second-order valence-corrected chi connectivity index (χ2v) is 0. The molecule has 0 saturated carbocycles. The van der Waals surface area contributed by atoms with Gasteiger partial charge in [-0.2, -0.15) is 0 Å². The van der Waals surface area contributed by atoms with Crippen molar-refractivity contribution in [1.29, 1.82) is 0 Å². The molecule has 0 bridgehead atoms. The van der Waals surface area contributed by atoms with Gasteiger partial charge in [-0.15, -0.1) is 0 Å². The van der Waals surface area contributed by atoms with E-state index in [2.05, 4.69) is 0 Å². The molecule has 0 aromatic carbocycles. The van der Waals surface area contributed by atoms with E-state index in [0.29, 0.717) is 0 Å². The van der Waals surface area contributed by atoms with E-state index in [0.717, 1.165) is 0 Å². The Balaban J connectivity index is 0. The maximum absolute atomic E-state index is 0. The summed E-state index contributed by atoms with van der Waals surface area (Å²) in [5.41, 5.74) is 0. The predicted octanol–water partition coefficient (Wildman–Crippen LogP) is -0.391. The summed E-state index contributed by atoms with van der Waals surface area (Å²) in [6.45, 7) is 0. The molecule has 0 unspecified atom stereocenters. The van der Waals surface area contributed by atoms with E-state index in [1.54, 1.807) is 0 Å². The van der Waals surface area contributed by atoms with Gasteiger partial charge in [0.25, 0.3) is 0 Å². The largest absolute Gasteiger partial charge is 0 e. The van der Waals surface area contributed by atoms with Crippen molar-refractivity contribution in [3.8, 4) is 0 Å². The summed E-state index contributed by atoms with van der Waals surface area (Å²) in [6.07, 6.45) is 0. The molecule has 0 saturated heterocycles. The fourth-order valence-corrected chi connectivity index (χ4v) is 0. The van der Waals surface area contributed by atoms with Crippen molar-refractivity contribution in [3.63, 3.8) is 0 Å². The van der Waals surface area contributed by atoms with Crippen LogP contribution in [0.4, 0.5) is 0 Å². The van der Waals surface area contributed by atoms with Gasteiger partial charge in [0.2, 0.25) is 0 Å². The molecule has 0 atom stereocenters. The average Bonchev–Trinajstić information content (AvgIpc) is 0. The van der Waals surface area contributed by atoms with Gasteiger partial charge in [0.05, 0.1) is 0 Å². The van der Waals surface area contributed by atoms with Crippen LogP contribution in [0.15, 0.2) is 0 Å². The van der Waals surface area contributed by atoms with Crippen LogP contribution in [0.3, 0.4) is 0 Å². The quantitative estimate of drug-likeness (QED) is 0.291. The molecule has 0 heterocycles. The van der Waals surface area contributed by atoms with Crippen LogP contribution in [0.1, 0.15) is 0 Å². The number of hydrogen-bond donors (Lipinski definition) is 0. The summed E-state index contributed by atoms with van der Waals surface area (Å²) < 4.78 is 0. The van der Waals surface area contributed by atoms with Crippen molar-refractivity contribution >= 4 is 25.8 Å². The normalized spacial score (nSPS) is 0. The van der Waals surface area contributed by atoms with Crippen LogP contribution in [-0.2, 0) is 89.5 Å². The van der Waals surface area contributed by atoms with Crippen molar-refractivity contribution in [1.82, 2.24) is 0 Å². The van der Waals surface area contributed by atoms with Gasteiger partial charge in [0, 0.05) is 115 Å². The predicted molar refractivity (Wildman–Crippen MR) is 5.75 cm³/mol. The molecule has 0 aliphatic rings. The van der Waals surface area contributed by atoms with Gasteiger partial charge in [0.1, 0.15) is 0 Å². The third-order valence-corrected chi connectivity index (χ3v) is 0. The second kappa shape index (κ2) is 24.9. The van der Waals surface area contributed by atoms with Gasteiger partial charge in [-0.25, -0.2) is 0 Å². The minimum absolute atomic E-state index is 0. The van der Waals surface area contributed by atoms with E-state index in [1.807, 2.05) is 0 Å². The maximum Gasteiger partial charge on any atom is 0 e. The van der Waals surface area contributed by atoms with Crippen molar-refractivity contribution < 1.29 is 89.5 Å². The van der Waals surface area contributed by atoms with Crippen LogP contribution >= 0.6 is 0 Å². The van der Waals surface area contributed by atoms with Crippen LogP contribution in [0, 0.1) is 0 Å². The topological polar surface area (TPSA) is 0 Å². The molecule has 0 spiro atoms. The van der Waals surface area contributed by atoms with Gasteiger partial charge in [-0.3, -0.25) is 0 Å². The molecule has 47 valence electrons. The van der Waals surface area contributed by atoms with Gasteiger partial charge < -0.3 is 0 Å². The Bertz CT molecular complexity index is 3.61. The first-order valence-electron chi connectivity index (χ1n) is 0.